The number of aliphatic hydroxyl groups excluding tert-OH is 1. The molecule has 13 heteroatoms. The first-order chi connectivity index (χ1) is 35.8. The van der Waals surface area contributed by atoms with Crippen molar-refractivity contribution in [2.24, 2.45) is 22.7 Å². The first-order valence-corrected chi connectivity index (χ1v) is 28.8. The maximum atomic E-state index is 17.4. The van der Waals surface area contributed by atoms with Crippen molar-refractivity contribution < 1.29 is 19.4 Å². The monoisotopic (exact) mass is 1040 g/mol. The number of hydrogen-bond donors (Lipinski definition) is 3. The van der Waals surface area contributed by atoms with Crippen LogP contribution < -0.4 is 15.4 Å². The van der Waals surface area contributed by atoms with E-state index >= 15 is 4.79 Å². The summed E-state index contributed by atoms with van der Waals surface area (Å²) >= 11 is 13.3. The Morgan fingerprint density at radius 2 is 1.57 bits per heavy atom. The minimum Gasteiger partial charge on any atom is -0.457 e. The summed E-state index contributed by atoms with van der Waals surface area (Å²) in [6, 6.07) is 30.3. The molecule has 2 saturated carbocycles. The van der Waals surface area contributed by atoms with E-state index in [0.29, 0.717) is 41.8 Å². The Kier molecular flexibility index (Phi) is 13.9. The molecule has 7 fully saturated rings. The zero-order chi connectivity index (χ0) is 51.2. The highest BCUT2D eigenvalue weighted by Gasteiger charge is 2.77. The molecule has 12 rings (SSSR count). The number of likely N-dealkylation sites (tertiary alicyclic amines) is 3. The second kappa shape index (κ2) is 20.2. The Balaban J connectivity index is 0.922. The molecule has 0 radical (unpaired) electrons. The predicted octanol–water partition coefficient (Wildman–Crippen LogP) is 8.71. The predicted molar refractivity (Wildman–Crippen MR) is 293 cm³/mol. The van der Waals surface area contributed by atoms with Crippen LogP contribution >= 0.6 is 23.2 Å². The molecule has 6 aliphatic heterocycles. The number of carbonyl (C=O) groups is 2. The molecule has 11 nitrogen and oxygen atoms in total. The second-order valence-corrected chi connectivity index (χ2v) is 24.9. The molecule has 4 aromatic carbocycles. The van der Waals surface area contributed by atoms with Gasteiger partial charge in [0.15, 0.2) is 5.78 Å². The fourth-order valence-electron chi connectivity index (χ4n) is 16.4. The molecular weight excluding hydrogens is 966 g/mol. The first-order valence-electron chi connectivity index (χ1n) is 28.1. The van der Waals surface area contributed by atoms with E-state index in [1.54, 1.807) is 0 Å². The number of carbonyl (C=O) groups excluding carboxylic acids is 2. The number of Topliss-reactive ketones (excluding diaryl/α,β-unsaturated/α-hetero) is 1. The molecule has 74 heavy (non-hydrogen) atoms. The zero-order valence-electron chi connectivity index (χ0n) is 44.1. The summed E-state index contributed by atoms with van der Waals surface area (Å²) in [5.74, 6) is 2.78. The lowest BCUT2D eigenvalue weighted by Gasteiger charge is -2.57. The number of aliphatic hydroxyl groups is 1. The Hall–Kier alpha value is -3.88. The number of halogens is 2. The lowest BCUT2D eigenvalue weighted by molar-refractivity contribution is -0.154. The van der Waals surface area contributed by atoms with E-state index in [1.165, 1.54) is 30.5 Å². The van der Waals surface area contributed by atoms with Crippen LogP contribution in [0.1, 0.15) is 98.3 Å². The molecule has 2 bridgehead atoms. The van der Waals surface area contributed by atoms with Crippen molar-refractivity contribution in [3.63, 3.8) is 0 Å². The van der Waals surface area contributed by atoms with Gasteiger partial charge in [-0.15, -0.1) is 0 Å². The van der Waals surface area contributed by atoms with Crippen LogP contribution in [-0.4, -0.2) is 149 Å². The molecule has 2 aliphatic carbocycles. The van der Waals surface area contributed by atoms with Crippen LogP contribution in [0.25, 0.3) is 0 Å². The number of piperidine rings is 2. The van der Waals surface area contributed by atoms with E-state index < -0.39 is 10.8 Å². The number of fused-ring (bicyclic) bond motifs is 1. The maximum absolute atomic E-state index is 17.4. The number of nitrogens with zero attached hydrogens (tertiary/aromatic N) is 5. The van der Waals surface area contributed by atoms with Gasteiger partial charge in [-0.25, -0.2) is 0 Å². The Labute approximate surface area is 449 Å². The molecule has 12 atom stereocenters. The molecule has 4 aromatic rings. The van der Waals surface area contributed by atoms with Gasteiger partial charge in [-0.1, -0.05) is 84.7 Å². The normalized spacial score (nSPS) is 34.8. The summed E-state index contributed by atoms with van der Waals surface area (Å²) < 4.78 is 6.96. The van der Waals surface area contributed by atoms with Crippen LogP contribution in [0.3, 0.4) is 0 Å². The van der Waals surface area contributed by atoms with Crippen molar-refractivity contribution in [3.8, 4) is 11.5 Å². The van der Waals surface area contributed by atoms with Crippen LogP contribution in [0.4, 0.5) is 0 Å². The fourth-order valence-corrected chi connectivity index (χ4v) is 16.7. The van der Waals surface area contributed by atoms with Gasteiger partial charge in [-0.3, -0.25) is 24.3 Å². The highest BCUT2D eigenvalue weighted by atomic mass is 35.5. The van der Waals surface area contributed by atoms with Gasteiger partial charge in [0.1, 0.15) is 11.5 Å². The average Bonchev–Trinajstić information content (AvgIpc) is 4.11. The second-order valence-electron chi connectivity index (χ2n) is 24.0. The summed E-state index contributed by atoms with van der Waals surface area (Å²) in [6.45, 7) is 12.1. The molecular formula is C61H77Cl2N7O4. The minimum absolute atomic E-state index is 0.0470. The Bertz CT molecular complexity index is 2720. The van der Waals surface area contributed by atoms with Crippen molar-refractivity contribution in [2.45, 2.75) is 152 Å². The lowest BCUT2D eigenvalue weighted by Crippen LogP contribution is -2.73. The van der Waals surface area contributed by atoms with E-state index in [9.17, 15) is 9.90 Å². The summed E-state index contributed by atoms with van der Waals surface area (Å²) in [5, 5.41) is 21.1. The topological polar surface area (TPSA) is 104 Å². The molecule has 5 saturated heterocycles. The number of benzene rings is 4. The van der Waals surface area contributed by atoms with Gasteiger partial charge in [-0.05, 0) is 151 Å². The third-order valence-electron chi connectivity index (χ3n) is 20.2. The molecule has 6 heterocycles. The number of rotatable bonds is 13. The number of likely N-dealkylation sites (N-methyl/N-ethyl adjacent to an activating group) is 2. The molecule has 1 amide bonds. The number of hydrogen-bond acceptors (Lipinski definition) is 10. The minimum atomic E-state index is -0.871. The summed E-state index contributed by atoms with van der Waals surface area (Å²) in [6.07, 6.45) is 8.78. The van der Waals surface area contributed by atoms with Crippen molar-refractivity contribution in [2.75, 3.05) is 46.9 Å². The van der Waals surface area contributed by atoms with Crippen molar-refractivity contribution in [3.05, 3.63) is 129 Å². The Morgan fingerprint density at radius 3 is 2.30 bits per heavy atom. The molecule has 0 aromatic heterocycles. The highest BCUT2D eigenvalue weighted by molar-refractivity contribution is 6.31. The largest absolute Gasteiger partial charge is 0.457 e. The van der Waals surface area contributed by atoms with Gasteiger partial charge >= 0.3 is 0 Å². The van der Waals surface area contributed by atoms with Gasteiger partial charge in [0.05, 0.1) is 17.4 Å². The van der Waals surface area contributed by atoms with E-state index in [2.05, 4.69) is 125 Å². The van der Waals surface area contributed by atoms with Crippen molar-refractivity contribution in [1.29, 1.82) is 0 Å². The third kappa shape index (κ3) is 8.58. The maximum Gasteiger partial charge on any atom is 0.254 e. The van der Waals surface area contributed by atoms with E-state index in [-0.39, 0.29) is 78.9 Å². The molecule has 3 N–H and O–H groups in total. The number of amides is 1. The highest BCUT2D eigenvalue weighted by Crippen LogP contribution is 2.63. The fraction of sp³-hybridized carbons (Fsp3) is 0.574. The van der Waals surface area contributed by atoms with E-state index in [4.69, 9.17) is 27.9 Å². The molecule has 7 unspecified atom stereocenters. The van der Waals surface area contributed by atoms with Crippen LogP contribution in [0, 0.1) is 22.7 Å². The smallest absolute Gasteiger partial charge is 0.254 e. The molecule has 394 valence electrons. The Morgan fingerprint density at radius 1 is 0.824 bits per heavy atom. The van der Waals surface area contributed by atoms with Crippen LogP contribution in [0.5, 0.6) is 11.5 Å². The van der Waals surface area contributed by atoms with Gasteiger partial charge < -0.3 is 30.3 Å². The number of nitrogens with one attached hydrogen (secondary N) is 2. The summed E-state index contributed by atoms with van der Waals surface area (Å²) in [7, 11) is 4.50. The van der Waals surface area contributed by atoms with Gasteiger partial charge in [0.25, 0.3) is 5.91 Å². The quantitative estimate of drug-likeness (QED) is 0.121. The van der Waals surface area contributed by atoms with Gasteiger partial charge in [0, 0.05) is 121 Å². The van der Waals surface area contributed by atoms with Crippen LogP contribution in [0.15, 0.2) is 91.0 Å². The van der Waals surface area contributed by atoms with Crippen molar-refractivity contribution in [1.82, 2.24) is 35.1 Å². The zero-order valence-corrected chi connectivity index (χ0v) is 45.6. The van der Waals surface area contributed by atoms with Crippen LogP contribution in [-0.2, 0) is 30.7 Å². The number of ether oxygens (including phenoxy) is 1. The van der Waals surface area contributed by atoms with Crippen molar-refractivity contribution >= 4 is 34.9 Å². The standard InChI is InChI=1S/C61H77Cl2N7O4/c1-6-60-54-28-44(26-39-10-8-7-9-11-39)56(60)66(4)37(2)32-64-53-30-48(27-40-14-18-45(62)19-15-40)67(5)57-51(36-71)65-55(61(53,57)59(60)73)38(3)69(54)35-43-16-20-46(63)29-52(43)74-49-21-17-42-34-70(58(72)50(42)31-49)47-22-24-68(25-23-47)33-41-12-13-41/h7-11,14-21,29,31,37-38,41,44,47-48,51,53-57,64-65,71H,6,12-13,22-28,30,32-36H2,1-5H3/t37-,38-,44+,48-,51+,53?,54?,55?,56?,57?,60?,61?/m0/s1. The third-order valence-corrected chi connectivity index (χ3v) is 20.7. The lowest BCUT2D eigenvalue weighted by atomic mass is 9.54. The molecule has 1 spiro atoms. The first kappa shape index (κ1) is 50.9. The van der Waals surface area contributed by atoms with Crippen LogP contribution in [0.2, 0.25) is 10.0 Å². The molecule has 8 aliphatic rings. The summed E-state index contributed by atoms with van der Waals surface area (Å²) in [4.78, 5) is 44.1. The van der Waals surface area contributed by atoms with Gasteiger partial charge in [-0.2, -0.15) is 0 Å². The van der Waals surface area contributed by atoms with Gasteiger partial charge in [0.2, 0.25) is 0 Å². The summed E-state index contributed by atoms with van der Waals surface area (Å²) in [5.41, 5.74) is 3.62. The number of ketones is 1. The van der Waals surface area contributed by atoms with E-state index in [1.807, 2.05) is 36.4 Å². The SMILES string of the molecule is CCC12C(=O)C34C5C[C@H](Cc6ccc(Cl)cc6)N(C)C3[C@@H](CO)NC4[C@H](C)N(Cc3ccc(Cl)cc3Oc3ccc4c(c3)C(=O)N(C3CCN(CC6CC6)CC3)C4)C1C[C@@H](Cc1ccccc1)C2N(C)[C@@H](C)CN5. The van der Waals surface area contributed by atoms with E-state index in [0.717, 1.165) is 85.8 Å². The average molecular weight is 1040 g/mol.